The van der Waals surface area contributed by atoms with E-state index in [1.165, 1.54) is 6.07 Å². The van der Waals surface area contributed by atoms with Gasteiger partial charge in [-0.25, -0.2) is 0 Å². The number of hydrogen-bond acceptors (Lipinski definition) is 3. The van der Waals surface area contributed by atoms with Crippen LogP contribution in [0.25, 0.3) is 11.1 Å². The average Bonchev–Trinajstić information content (AvgIpc) is 3.02. The Kier molecular flexibility index (Phi) is 9.14. The van der Waals surface area contributed by atoms with E-state index in [0.29, 0.717) is 23.4 Å². The maximum atomic E-state index is 13.3. The van der Waals surface area contributed by atoms with E-state index in [0.717, 1.165) is 49.3 Å². The number of amides is 2. The number of carbonyl (C=O) groups excluding carboxylic acids is 2. The second kappa shape index (κ2) is 13.2. The lowest BCUT2D eigenvalue weighted by molar-refractivity contribution is -0.137. The fourth-order valence-corrected chi connectivity index (χ4v) is 5.82. The summed E-state index contributed by atoms with van der Waals surface area (Å²) in [5.74, 6) is -0.277. The molecular formula is C35H34F3N3O2. The summed E-state index contributed by atoms with van der Waals surface area (Å²) in [4.78, 5) is 28.5. The highest BCUT2D eigenvalue weighted by atomic mass is 19.4. The molecule has 0 spiro atoms. The Bertz CT molecular complexity index is 1550. The number of hydrogen-bond donors (Lipinski definition) is 2. The number of anilines is 2. The van der Waals surface area contributed by atoms with E-state index < -0.39 is 17.6 Å². The molecule has 2 amide bonds. The van der Waals surface area contributed by atoms with Gasteiger partial charge in [-0.15, -0.1) is 0 Å². The molecule has 4 aromatic rings. The molecule has 1 unspecified atom stereocenters. The van der Waals surface area contributed by atoms with Crippen molar-refractivity contribution in [2.75, 3.05) is 29.9 Å². The van der Waals surface area contributed by atoms with Crippen LogP contribution < -0.4 is 15.5 Å². The van der Waals surface area contributed by atoms with E-state index in [-0.39, 0.29) is 23.3 Å². The Morgan fingerprint density at radius 3 is 2.21 bits per heavy atom. The van der Waals surface area contributed by atoms with Crippen molar-refractivity contribution in [2.45, 2.75) is 31.9 Å². The predicted octanol–water partition coefficient (Wildman–Crippen LogP) is 7.76. The van der Waals surface area contributed by atoms with Crippen molar-refractivity contribution in [1.29, 1.82) is 0 Å². The third-order valence-corrected chi connectivity index (χ3v) is 7.97. The number of carbonyl (C=O) groups is 2. The summed E-state index contributed by atoms with van der Waals surface area (Å²) >= 11 is 0. The zero-order valence-corrected chi connectivity index (χ0v) is 23.9. The summed E-state index contributed by atoms with van der Waals surface area (Å²) in [6.45, 7) is 4.15. The predicted molar refractivity (Wildman–Crippen MR) is 164 cm³/mol. The van der Waals surface area contributed by atoms with Crippen LogP contribution in [0.3, 0.4) is 0 Å². The van der Waals surface area contributed by atoms with E-state index in [9.17, 15) is 22.8 Å². The molecule has 0 saturated carbocycles. The number of nitrogens with one attached hydrogen (secondary N) is 2. The van der Waals surface area contributed by atoms with Crippen molar-refractivity contribution in [3.8, 4) is 11.1 Å². The lowest BCUT2D eigenvalue weighted by Gasteiger charge is -2.37. The van der Waals surface area contributed by atoms with Crippen molar-refractivity contribution in [1.82, 2.24) is 5.32 Å². The normalized spacial score (nSPS) is 14.7. The van der Waals surface area contributed by atoms with E-state index in [4.69, 9.17) is 0 Å². The van der Waals surface area contributed by atoms with Gasteiger partial charge in [0.25, 0.3) is 5.91 Å². The van der Waals surface area contributed by atoms with Crippen LogP contribution in [0, 0.1) is 5.92 Å². The molecule has 222 valence electrons. The molecule has 43 heavy (non-hydrogen) atoms. The Morgan fingerprint density at radius 1 is 0.860 bits per heavy atom. The highest BCUT2D eigenvalue weighted by Gasteiger charge is 2.33. The molecular weight excluding hydrogens is 551 g/mol. The van der Waals surface area contributed by atoms with Crippen LogP contribution in [0.2, 0.25) is 0 Å². The van der Waals surface area contributed by atoms with Crippen molar-refractivity contribution in [3.05, 3.63) is 120 Å². The number of likely N-dealkylation sites (N-methyl/N-ethyl adjacent to an activating group) is 1. The second-order valence-electron chi connectivity index (χ2n) is 10.7. The van der Waals surface area contributed by atoms with E-state index in [2.05, 4.69) is 15.5 Å². The van der Waals surface area contributed by atoms with Crippen molar-refractivity contribution in [3.63, 3.8) is 0 Å². The quantitative estimate of drug-likeness (QED) is 0.222. The first-order valence-electron chi connectivity index (χ1n) is 14.5. The number of nitrogens with zero attached hydrogens (tertiary/aromatic N) is 1. The molecule has 0 bridgehead atoms. The molecule has 2 N–H and O–H groups in total. The largest absolute Gasteiger partial charge is 0.416 e. The number of halogens is 3. The van der Waals surface area contributed by atoms with Gasteiger partial charge >= 0.3 is 6.18 Å². The molecule has 1 atom stereocenters. The molecule has 1 aliphatic heterocycles. The lowest BCUT2D eigenvalue weighted by atomic mass is 9.79. The van der Waals surface area contributed by atoms with Crippen LogP contribution in [0.1, 0.15) is 47.2 Å². The summed E-state index contributed by atoms with van der Waals surface area (Å²) < 4.78 is 39.9. The minimum atomic E-state index is -4.47. The molecule has 1 heterocycles. The van der Waals surface area contributed by atoms with Gasteiger partial charge in [0.05, 0.1) is 11.5 Å². The number of piperidine rings is 1. The maximum Gasteiger partial charge on any atom is 0.416 e. The number of alkyl halides is 3. The Balaban J connectivity index is 1.24. The Morgan fingerprint density at radius 2 is 1.53 bits per heavy atom. The molecule has 1 aliphatic rings. The summed E-state index contributed by atoms with van der Waals surface area (Å²) in [6, 6.07) is 29.1. The van der Waals surface area contributed by atoms with Gasteiger partial charge in [0.1, 0.15) is 0 Å². The van der Waals surface area contributed by atoms with Gasteiger partial charge in [0.2, 0.25) is 5.91 Å². The van der Waals surface area contributed by atoms with Gasteiger partial charge in [0.15, 0.2) is 0 Å². The first-order chi connectivity index (χ1) is 20.7. The average molecular weight is 586 g/mol. The smallest absolute Gasteiger partial charge is 0.372 e. The van der Waals surface area contributed by atoms with Gasteiger partial charge in [0, 0.05) is 36.6 Å². The van der Waals surface area contributed by atoms with Gasteiger partial charge < -0.3 is 15.5 Å². The zero-order chi connectivity index (χ0) is 30.4. The van der Waals surface area contributed by atoms with Gasteiger partial charge in [-0.2, -0.15) is 13.2 Å². The Hall–Kier alpha value is -4.59. The summed E-state index contributed by atoms with van der Waals surface area (Å²) in [7, 11) is 0. The van der Waals surface area contributed by atoms with Gasteiger partial charge in [-0.3, -0.25) is 9.59 Å². The van der Waals surface area contributed by atoms with Crippen LogP contribution >= 0.6 is 0 Å². The molecule has 1 fully saturated rings. The third kappa shape index (κ3) is 7.08. The molecule has 4 aromatic carbocycles. The fraction of sp³-hybridized carbons (Fsp3) is 0.257. The van der Waals surface area contributed by atoms with Crippen LogP contribution in [0.4, 0.5) is 24.5 Å². The van der Waals surface area contributed by atoms with E-state index >= 15 is 0 Å². The second-order valence-corrected chi connectivity index (χ2v) is 10.7. The minimum Gasteiger partial charge on any atom is -0.372 e. The van der Waals surface area contributed by atoms with Gasteiger partial charge in [-0.1, -0.05) is 60.7 Å². The van der Waals surface area contributed by atoms with Gasteiger partial charge in [-0.05, 0) is 84.8 Å². The summed E-state index contributed by atoms with van der Waals surface area (Å²) in [5.41, 5.74) is 2.92. The van der Waals surface area contributed by atoms with Crippen LogP contribution in [-0.2, 0) is 11.0 Å². The fourth-order valence-electron chi connectivity index (χ4n) is 5.82. The standard InChI is InChI=1S/C35H34F3N3O2/c1-2-39-34(43)32(24-9-4-3-5-10-24)25-19-21-41(22-20-25)29-17-15-28(16-18-29)40-33(42)31-14-7-6-13-30(31)26-11-8-12-27(23-26)35(36,37)38/h3-18,23,25,32H,2,19-22H2,1H3,(H,39,43)(H,40,42). The number of rotatable bonds is 8. The first kappa shape index (κ1) is 29.9. The topological polar surface area (TPSA) is 61.4 Å². The zero-order valence-electron chi connectivity index (χ0n) is 23.9. The Labute approximate surface area is 249 Å². The van der Waals surface area contributed by atoms with Crippen molar-refractivity contribution >= 4 is 23.2 Å². The number of benzene rings is 4. The van der Waals surface area contributed by atoms with Crippen LogP contribution in [0.5, 0.6) is 0 Å². The molecule has 5 rings (SSSR count). The monoisotopic (exact) mass is 585 g/mol. The van der Waals surface area contributed by atoms with Crippen molar-refractivity contribution in [2.24, 2.45) is 5.92 Å². The van der Waals surface area contributed by atoms with Crippen LogP contribution in [0.15, 0.2) is 103 Å². The SMILES string of the molecule is CCNC(=O)C(c1ccccc1)C1CCN(c2ccc(NC(=O)c3ccccc3-c3cccc(C(F)(F)F)c3)cc2)CC1. The molecule has 5 nitrogen and oxygen atoms in total. The lowest BCUT2D eigenvalue weighted by Crippen LogP contribution is -2.40. The molecule has 1 saturated heterocycles. The minimum absolute atomic E-state index is 0.0712. The highest BCUT2D eigenvalue weighted by Crippen LogP contribution is 2.36. The summed E-state index contributed by atoms with van der Waals surface area (Å²) in [5, 5.41) is 5.89. The van der Waals surface area contributed by atoms with Crippen molar-refractivity contribution < 1.29 is 22.8 Å². The molecule has 0 aliphatic carbocycles. The third-order valence-electron chi connectivity index (χ3n) is 7.97. The van der Waals surface area contributed by atoms with Crippen LogP contribution in [-0.4, -0.2) is 31.4 Å². The molecule has 0 radical (unpaired) electrons. The highest BCUT2D eigenvalue weighted by molar-refractivity contribution is 6.08. The maximum absolute atomic E-state index is 13.3. The molecule has 8 heteroatoms. The summed E-state index contributed by atoms with van der Waals surface area (Å²) in [6.07, 6.45) is -2.72. The van der Waals surface area contributed by atoms with E-state index in [1.54, 1.807) is 30.3 Å². The first-order valence-corrected chi connectivity index (χ1v) is 14.5. The van der Waals surface area contributed by atoms with E-state index in [1.807, 2.05) is 61.5 Å². The molecule has 0 aromatic heterocycles.